The zero-order chi connectivity index (χ0) is 25.8. The fourth-order valence-electron chi connectivity index (χ4n) is 4.34. The molecule has 0 radical (unpaired) electrons. The van der Waals surface area contributed by atoms with Crippen molar-refractivity contribution >= 4 is 46.1 Å². The monoisotopic (exact) mass is 491 g/mol. The Morgan fingerprint density at radius 3 is 2.50 bits per heavy atom. The number of carbonyl (C=O) groups excluding carboxylic acids is 3. The Morgan fingerprint density at radius 1 is 1.03 bits per heavy atom. The zero-order valence-corrected chi connectivity index (χ0v) is 20.1. The Hall–Kier alpha value is -4.34. The molecule has 3 aromatic rings. The maximum atomic E-state index is 13.2. The second-order valence-electron chi connectivity index (χ2n) is 9.25. The first-order valence-electron chi connectivity index (χ1n) is 11.8. The third-order valence-electron chi connectivity index (χ3n) is 6.05. The van der Waals surface area contributed by atoms with E-state index in [9.17, 15) is 24.3 Å². The smallest absolute Gasteiger partial charge is 0.326 e. The standard InChI is InChI=1S/C26H29N5O5/c1-15(2)11-20(30-26(36)31-14-23(32)28-19-9-5-6-10-22(19)31)24(33)29-21(25(34)35)12-16-13-27-18-8-4-3-7-17(16)18/h3-10,13,15,20-21,27H,11-12,14H2,1-2H3,(H,28,32)(H,29,33)(H,30,36)(H,34,35)/t20-,21+/m0/s1. The molecule has 0 saturated carbocycles. The number of nitrogens with one attached hydrogen (secondary N) is 4. The topological polar surface area (TPSA) is 144 Å². The number of benzene rings is 2. The van der Waals surface area contributed by atoms with Crippen molar-refractivity contribution in [2.24, 2.45) is 5.92 Å². The molecule has 2 atom stereocenters. The summed E-state index contributed by atoms with van der Waals surface area (Å²) < 4.78 is 0. The van der Waals surface area contributed by atoms with E-state index in [0.717, 1.165) is 16.5 Å². The number of carboxylic acid groups (broad SMARTS) is 1. The van der Waals surface area contributed by atoms with E-state index in [2.05, 4.69) is 20.9 Å². The Labute approximate surface area is 208 Å². The van der Waals surface area contributed by atoms with Gasteiger partial charge in [-0.15, -0.1) is 0 Å². The molecule has 4 amide bonds. The van der Waals surface area contributed by atoms with Crippen LogP contribution in [0, 0.1) is 5.92 Å². The molecule has 0 aliphatic carbocycles. The normalized spacial score (nSPS) is 14.6. The van der Waals surface area contributed by atoms with Gasteiger partial charge in [0.05, 0.1) is 11.4 Å². The summed E-state index contributed by atoms with van der Waals surface area (Å²) in [7, 11) is 0. The SMILES string of the molecule is CC(C)C[C@H](NC(=O)N1CC(=O)Nc2ccccc21)C(=O)N[C@H](Cc1c[nH]c2ccccc12)C(=O)O. The molecule has 1 aliphatic rings. The fourth-order valence-corrected chi connectivity index (χ4v) is 4.34. The highest BCUT2D eigenvalue weighted by Gasteiger charge is 2.32. The van der Waals surface area contributed by atoms with Crippen molar-refractivity contribution in [2.75, 3.05) is 16.8 Å². The molecule has 1 aromatic heterocycles. The predicted molar refractivity (Wildman–Crippen MR) is 136 cm³/mol. The van der Waals surface area contributed by atoms with E-state index < -0.39 is 30.0 Å². The minimum Gasteiger partial charge on any atom is -0.480 e. The van der Waals surface area contributed by atoms with E-state index >= 15 is 0 Å². The average Bonchev–Trinajstić information content (AvgIpc) is 3.25. The number of carboxylic acids is 1. The first kappa shape index (κ1) is 24.8. The molecule has 5 N–H and O–H groups in total. The van der Waals surface area contributed by atoms with Crippen LogP contribution in [0.1, 0.15) is 25.8 Å². The molecule has 4 rings (SSSR count). The number of amides is 4. The summed E-state index contributed by atoms with van der Waals surface area (Å²) in [4.78, 5) is 54.9. The molecule has 0 unspecified atom stereocenters. The largest absolute Gasteiger partial charge is 0.480 e. The summed E-state index contributed by atoms with van der Waals surface area (Å²) >= 11 is 0. The number of hydrogen-bond donors (Lipinski definition) is 5. The van der Waals surface area contributed by atoms with Gasteiger partial charge in [-0.3, -0.25) is 14.5 Å². The molecule has 0 bridgehead atoms. The van der Waals surface area contributed by atoms with Gasteiger partial charge >= 0.3 is 12.0 Å². The summed E-state index contributed by atoms with van der Waals surface area (Å²) in [5, 5.41) is 18.7. The van der Waals surface area contributed by atoms with Gasteiger partial charge < -0.3 is 26.0 Å². The first-order valence-corrected chi connectivity index (χ1v) is 11.8. The number of nitrogens with zero attached hydrogens (tertiary/aromatic N) is 1. The number of aromatic amines is 1. The maximum absolute atomic E-state index is 13.2. The Morgan fingerprint density at radius 2 is 1.75 bits per heavy atom. The molecular formula is C26H29N5O5. The van der Waals surface area contributed by atoms with Crippen LogP contribution in [-0.4, -0.2) is 52.5 Å². The molecular weight excluding hydrogens is 462 g/mol. The molecule has 0 spiro atoms. The average molecular weight is 492 g/mol. The van der Waals surface area contributed by atoms with Crippen molar-refractivity contribution in [1.29, 1.82) is 0 Å². The van der Waals surface area contributed by atoms with Crippen molar-refractivity contribution in [3.63, 3.8) is 0 Å². The first-order chi connectivity index (χ1) is 17.2. The van der Waals surface area contributed by atoms with Crippen molar-refractivity contribution in [3.8, 4) is 0 Å². The zero-order valence-electron chi connectivity index (χ0n) is 20.1. The van der Waals surface area contributed by atoms with Crippen molar-refractivity contribution in [2.45, 2.75) is 38.8 Å². The van der Waals surface area contributed by atoms with Gasteiger partial charge in [0.1, 0.15) is 18.6 Å². The minimum absolute atomic E-state index is 0.0369. The van der Waals surface area contributed by atoms with Crippen LogP contribution in [0.3, 0.4) is 0 Å². The molecule has 10 nitrogen and oxygen atoms in total. The van der Waals surface area contributed by atoms with E-state index in [1.165, 1.54) is 4.90 Å². The quantitative estimate of drug-likeness (QED) is 0.329. The van der Waals surface area contributed by atoms with Crippen LogP contribution in [0.4, 0.5) is 16.2 Å². The van der Waals surface area contributed by atoms with Crippen LogP contribution in [0.5, 0.6) is 0 Å². The van der Waals surface area contributed by atoms with Gasteiger partial charge in [-0.1, -0.05) is 44.2 Å². The number of para-hydroxylation sites is 3. The van der Waals surface area contributed by atoms with Crippen molar-refractivity contribution < 1.29 is 24.3 Å². The third kappa shape index (κ3) is 5.48. The maximum Gasteiger partial charge on any atom is 0.326 e. The van der Waals surface area contributed by atoms with E-state index in [-0.39, 0.29) is 24.8 Å². The number of rotatable bonds is 8. The van der Waals surface area contributed by atoms with Gasteiger partial charge in [0, 0.05) is 23.5 Å². The fraction of sp³-hybridized carbons (Fsp3) is 0.308. The van der Waals surface area contributed by atoms with Crippen molar-refractivity contribution in [3.05, 3.63) is 60.3 Å². The lowest BCUT2D eigenvalue weighted by molar-refractivity contribution is -0.142. The van der Waals surface area contributed by atoms with E-state index in [1.807, 2.05) is 38.1 Å². The van der Waals surface area contributed by atoms with E-state index in [4.69, 9.17) is 0 Å². The van der Waals surface area contributed by atoms with E-state index in [1.54, 1.807) is 30.5 Å². The number of carbonyl (C=O) groups is 4. The third-order valence-corrected chi connectivity index (χ3v) is 6.05. The highest BCUT2D eigenvalue weighted by Crippen LogP contribution is 2.29. The summed E-state index contributed by atoms with van der Waals surface area (Å²) in [5.74, 6) is -2.09. The predicted octanol–water partition coefficient (Wildman–Crippen LogP) is 2.86. The molecule has 0 fully saturated rings. The Kier molecular flexibility index (Phi) is 7.23. The molecule has 10 heteroatoms. The number of aliphatic carboxylic acids is 1. The van der Waals surface area contributed by atoms with Gasteiger partial charge in [0.15, 0.2) is 0 Å². The summed E-state index contributed by atoms with van der Waals surface area (Å²) in [6.07, 6.45) is 2.10. The highest BCUT2D eigenvalue weighted by molar-refractivity contribution is 6.10. The molecule has 188 valence electrons. The van der Waals surface area contributed by atoms with Crippen LogP contribution in [-0.2, 0) is 20.8 Å². The van der Waals surface area contributed by atoms with Crippen LogP contribution in [0.25, 0.3) is 10.9 Å². The van der Waals surface area contributed by atoms with Crippen LogP contribution in [0.15, 0.2) is 54.7 Å². The van der Waals surface area contributed by atoms with Crippen LogP contribution < -0.4 is 20.9 Å². The van der Waals surface area contributed by atoms with Gasteiger partial charge in [0.2, 0.25) is 11.8 Å². The lowest BCUT2D eigenvalue weighted by atomic mass is 10.0. The number of fused-ring (bicyclic) bond motifs is 2. The Bertz CT molecular complexity index is 1300. The van der Waals surface area contributed by atoms with Gasteiger partial charge in [-0.2, -0.15) is 0 Å². The minimum atomic E-state index is -1.19. The second-order valence-corrected chi connectivity index (χ2v) is 9.25. The Balaban J connectivity index is 1.50. The summed E-state index contributed by atoms with van der Waals surface area (Å²) in [6, 6.07) is 11.6. The highest BCUT2D eigenvalue weighted by atomic mass is 16.4. The lowest BCUT2D eigenvalue weighted by Crippen LogP contribution is -2.56. The number of hydrogen-bond acceptors (Lipinski definition) is 4. The lowest BCUT2D eigenvalue weighted by Gasteiger charge is -2.31. The molecule has 2 aromatic carbocycles. The number of anilines is 2. The summed E-state index contributed by atoms with van der Waals surface area (Å²) in [6.45, 7) is 3.60. The van der Waals surface area contributed by atoms with Crippen LogP contribution >= 0.6 is 0 Å². The number of H-pyrrole nitrogens is 1. The van der Waals surface area contributed by atoms with Gasteiger partial charge in [-0.05, 0) is 36.1 Å². The summed E-state index contributed by atoms with van der Waals surface area (Å²) in [5.41, 5.74) is 2.65. The van der Waals surface area contributed by atoms with Gasteiger partial charge in [0.25, 0.3) is 0 Å². The molecule has 2 heterocycles. The van der Waals surface area contributed by atoms with Crippen molar-refractivity contribution in [1.82, 2.24) is 15.6 Å². The second kappa shape index (κ2) is 10.5. The van der Waals surface area contributed by atoms with Gasteiger partial charge in [-0.25, -0.2) is 9.59 Å². The number of urea groups is 1. The number of aromatic nitrogens is 1. The van der Waals surface area contributed by atoms with Crippen LogP contribution in [0.2, 0.25) is 0 Å². The molecule has 1 aliphatic heterocycles. The van der Waals surface area contributed by atoms with E-state index in [0.29, 0.717) is 17.8 Å². The molecule has 0 saturated heterocycles. The molecule has 36 heavy (non-hydrogen) atoms.